The molecule has 3 nitrogen and oxygen atoms in total. The molecule has 0 aromatic heterocycles. The number of benzene rings is 2. The molecule has 0 aliphatic carbocycles. The van der Waals surface area contributed by atoms with Gasteiger partial charge in [0.2, 0.25) is 0 Å². The smallest absolute Gasteiger partial charge is 0.398 e. The van der Waals surface area contributed by atoms with Gasteiger partial charge in [0.25, 0.3) is 0 Å². The van der Waals surface area contributed by atoms with Crippen molar-refractivity contribution in [2.75, 3.05) is 13.2 Å². The molecule has 1 aliphatic heterocycles. The van der Waals surface area contributed by atoms with Crippen molar-refractivity contribution in [2.24, 2.45) is 0 Å². The minimum atomic E-state index is -1.02. The van der Waals surface area contributed by atoms with Gasteiger partial charge >= 0.3 is 7.12 Å². The topological polar surface area (TPSA) is 27.7 Å². The fraction of sp³-hybridized carbons (Fsp3) is 0.391. The van der Waals surface area contributed by atoms with Crippen LogP contribution in [0.5, 0.6) is 0 Å². The van der Waals surface area contributed by atoms with Crippen molar-refractivity contribution in [3.05, 3.63) is 66.4 Å². The maximum atomic E-state index is 15.6. The van der Waals surface area contributed by atoms with Gasteiger partial charge in [0.05, 0.1) is 24.4 Å². The lowest BCUT2D eigenvalue weighted by Gasteiger charge is -2.32. The molecule has 148 valence electrons. The quantitative estimate of drug-likeness (QED) is 0.347. The van der Waals surface area contributed by atoms with Gasteiger partial charge in [-0.25, -0.2) is 4.39 Å². The highest BCUT2D eigenvalue weighted by atomic mass is 19.1. The highest BCUT2D eigenvalue weighted by Gasteiger charge is 2.53. The van der Waals surface area contributed by atoms with Gasteiger partial charge in [-0.1, -0.05) is 42.5 Å². The van der Waals surface area contributed by atoms with Crippen LogP contribution in [-0.2, 0) is 14.0 Å². The first-order valence-electron chi connectivity index (χ1n) is 9.67. The molecule has 2 aromatic carbocycles. The lowest BCUT2D eigenvalue weighted by Crippen LogP contribution is -2.41. The molecule has 28 heavy (non-hydrogen) atoms. The number of ether oxygens (including phenoxy) is 1. The van der Waals surface area contributed by atoms with Crippen LogP contribution in [0, 0.1) is 0 Å². The van der Waals surface area contributed by atoms with Gasteiger partial charge in [-0.3, -0.25) is 0 Å². The lowest BCUT2D eigenvalue weighted by molar-refractivity contribution is 0.00578. The SMILES string of the molecule is C=CCOCCC(=C(F)B1OC(C)(C)C(C)(C)O1)c1ccc2ccccc2c1. The summed E-state index contributed by atoms with van der Waals surface area (Å²) in [5.74, 6) is 0. The zero-order valence-electron chi connectivity index (χ0n) is 17.1. The van der Waals surface area contributed by atoms with E-state index in [2.05, 4.69) is 6.58 Å². The van der Waals surface area contributed by atoms with Crippen molar-refractivity contribution in [2.45, 2.75) is 45.3 Å². The van der Waals surface area contributed by atoms with Crippen LogP contribution in [0.1, 0.15) is 39.7 Å². The number of rotatable bonds is 7. The Balaban J connectivity index is 1.97. The van der Waals surface area contributed by atoms with Crippen LogP contribution in [0.4, 0.5) is 4.39 Å². The highest BCUT2D eigenvalue weighted by molar-refractivity contribution is 6.55. The van der Waals surface area contributed by atoms with Gasteiger partial charge in [-0.05, 0) is 62.1 Å². The fourth-order valence-electron chi connectivity index (χ4n) is 3.21. The van der Waals surface area contributed by atoms with E-state index in [9.17, 15) is 0 Å². The highest BCUT2D eigenvalue weighted by Crippen LogP contribution is 2.40. The molecule has 5 heteroatoms. The number of halogens is 1. The minimum absolute atomic E-state index is 0.390. The summed E-state index contributed by atoms with van der Waals surface area (Å²) in [6.07, 6.45) is 2.10. The normalized spacial score (nSPS) is 19.0. The van der Waals surface area contributed by atoms with Crippen molar-refractivity contribution < 1.29 is 18.4 Å². The van der Waals surface area contributed by atoms with E-state index in [1.807, 2.05) is 70.2 Å². The summed E-state index contributed by atoms with van der Waals surface area (Å²) in [5, 5.41) is 2.18. The van der Waals surface area contributed by atoms with Crippen LogP contribution in [0.15, 0.2) is 60.8 Å². The summed E-state index contributed by atoms with van der Waals surface area (Å²) in [7, 11) is -1.02. The Kier molecular flexibility index (Phi) is 6.08. The third kappa shape index (κ3) is 4.22. The zero-order chi connectivity index (χ0) is 20.4. The first-order chi connectivity index (χ1) is 13.2. The molecular formula is C23H28BFO3. The van der Waals surface area contributed by atoms with Crippen molar-refractivity contribution >= 4 is 23.5 Å². The lowest BCUT2D eigenvalue weighted by atomic mass is 9.81. The van der Waals surface area contributed by atoms with Crippen molar-refractivity contribution in [3.63, 3.8) is 0 Å². The molecule has 1 saturated heterocycles. The van der Waals surface area contributed by atoms with E-state index in [1.54, 1.807) is 6.08 Å². The predicted octanol–water partition coefficient (Wildman–Crippen LogP) is 5.74. The molecule has 0 spiro atoms. The third-order valence-electron chi connectivity index (χ3n) is 5.58. The minimum Gasteiger partial charge on any atom is -0.398 e. The summed E-state index contributed by atoms with van der Waals surface area (Å²) < 4.78 is 33.0. The van der Waals surface area contributed by atoms with E-state index >= 15 is 4.39 Å². The van der Waals surface area contributed by atoms with Crippen LogP contribution in [0.3, 0.4) is 0 Å². The van der Waals surface area contributed by atoms with Crippen LogP contribution >= 0.6 is 0 Å². The van der Waals surface area contributed by atoms with Crippen molar-refractivity contribution in [3.8, 4) is 0 Å². The van der Waals surface area contributed by atoms with Gasteiger partial charge in [0, 0.05) is 0 Å². The van der Waals surface area contributed by atoms with E-state index in [4.69, 9.17) is 14.0 Å². The van der Waals surface area contributed by atoms with Gasteiger partial charge in [-0.2, -0.15) is 0 Å². The molecule has 0 N–H and O–H groups in total. The van der Waals surface area contributed by atoms with Crippen molar-refractivity contribution in [1.82, 2.24) is 0 Å². The Hall–Kier alpha value is -1.95. The number of hydrogen-bond acceptors (Lipinski definition) is 3. The summed E-state index contributed by atoms with van der Waals surface area (Å²) in [5.41, 5.74) is -0.219. The zero-order valence-corrected chi connectivity index (χ0v) is 17.1. The van der Waals surface area contributed by atoms with E-state index in [1.165, 1.54) is 0 Å². The molecule has 0 unspecified atom stereocenters. The molecule has 0 bridgehead atoms. The van der Waals surface area contributed by atoms with Gasteiger partial charge < -0.3 is 14.0 Å². The molecular weight excluding hydrogens is 354 g/mol. The van der Waals surface area contributed by atoms with Gasteiger partial charge in [0.1, 0.15) is 5.73 Å². The Morgan fingerprint density at radius 1 is 1.07 bits per heavy atom. The first kappa shape index (κ1) is 20.8. The Morgan fingerprint density at radius 3 is 2.36 bits per heavy atom. The second-order valence-electron chi connectivity index (χ2n) is 8.09. The third-order valence-corrected chi connectivity index (χ3v) is 5.58. The molecule has 0 saturated carbocycles. The average molecular weight is 382 g/mol. The van der Waals surface area contributed by atoms with Crippen LogP contribution < -0.4 is 0 Å². The largest absolute Gasteiger partial charge is 0.525 e. The summed E-state index contributed by atoms with van der Waals surface area (Å²) in [6.45, 7) is 12.2. The first-order valence-corrected chi connectivity index (χ1v) is 9.67. The molecule has 1 aliphatic rings. The van der Waals surface area contributed by atoms with E-state index in [0.717, 1.165) is 16.3 Å². The summed E-state index contributed by atoms with van der Waals surface area (Å²) in [6, 6.07) is 14.0. The maximum absolute atomic E-state index is 15.6. The van der Waals surface area contributed by atoms with Crippen LogP contribution in [0.25, 0.3) is 16.3 Å². The van der Waals surface area contributed by atoms with Crippen LogP contribution in [-0.4, -0.2) is 31.5 Å². The summed E-state index contributed by atoms with van der Waals surface area (Å²) in [4.78, 5) is 0. The van der Waals surface area contributed by atoms with Gasteiger partial charge in [0.15, 0.2) is 0 Å². The second kappa shape index (κ2) is 8.20. The Bertz CT molecular complexity index is 872. The summed E-state index contributed by atoms with van der Waals surface area (Å²) >= 11 is 0. The van der Waals surface area contributed by atoms with E-state index in [0.29, 0.717) is 25.2 Å². The maximum Gasteiger partial charge on any atom is 0.525 e. The Morgan fingerprint density at radius 2 is 1.71 bits per heavy atom. The average Bonchev–Trinajstić information content (AvgIpc) is 2.88. The molecule has 0 atom stereocenters. The number of fused-ring (bicyclic) bond motifs is 1. The molecule has 0 amide bonds. The molecule has 2 aromatic rings. The monoisotopic (exact) mass is 382 g/mol. The van der Waals surface area contributed by atoms with Crippen molar-refractivity contribution in [1.29, 1.82) is 0 Å². The predicted molar refractivity (Wildman–Crippen MR) is 114 cm³/mol. The van der Waals surface area contributed by atoms with Gasteiger partial charge in [-0.15, -0.1) is 6.58 Å². The van der Waals surface area contributed by atoms with Crippen LogP contribution in [0.2, 0.25) is 0 Å². The van der Waals surface area contributed by atoms with E-state index < -0.39 is 24.0 Å². The van der Waals surface area contributed by atoms with E-state index in [-0.39, 0.29) is 0 Å². The Labute approximate surface area is 167 Å². The second-order valence-corrected chi connectivity index (χ2v) is 8.09. The fourth-order valence-corrected chi connectivity index (χ4v) is 3.21. The molecule has 1 heterocycles. The number of hydrogen-bond donors (Lipinski definition) is 0. The molecule has 1 fully saturated rings. The standard InChI is InChI=1S/C23H28BFO3/c1-6-14-26-15-13-20(19-12-11-17-9-7-8-10-18(17)16-19)21(25)24-27-22(2,3)23(4,5)28-24/h6-12,16H,1,13-15H2,2-5H3. The molecule has 0 radical (unpaired) electrons. The molecule has 3 rings (SSSR count).